The smallest absolute Gasteiger partial charge is 0.255 e. The lowest BCUT2D eigenvalue weighted by atomic mass is 9.99. The fraction of sp³-hybridized carbons (Fsp3) is 0.333. The summed E-state index contributed by atoms with van der Waals surface area (Å²) >= 11 is 0. The summed E-state index contributed by atoms with van der Waals surface area (Å²) in [4.78, 5) is 24.6. The van der Waals surface area contributed by atoms with E-state index < -0.39 is 0 Å². The van der Waals surface area contributed by atoms with Gasteiger partial charge in [0.05, 0.1) is 0 Å². The van der Waals surface area contributed by atoms with Gasteiger partial charge in [-0.2, -0.15) is 0 Å². The maximum absolute atomic E-state index is 12.5. The molecule has 142 valence electrons. The molecule has 5 nitrogen and oxygen atoms in total. The van der Waals surface area contributed by atoms with Crippen LogP contribution in [0.15, 0.2) is 54.6 Å². The van der Waals surface area contributed by atoms with E-state index in [0.29, 0.717) is 28.9 Å². The van der Waals surface area contributed by atoms with Crippen LogP contribution in [0.4, 0.5) is 5.69 Å². The van der Waals surface area contributed by atoms with Crippen molar-refractivity contribution in [2.45, 2.75) is 43.8 Å². The SMILES string of the molecule is Cl.O=C(Nc1ccc(C(=O)NC2CC3CCC(C2)N3)cc1)c1ccccc1. The van der Waals surface area contributed by atoms with Crippen LogP contribution >= 0.6 is 12.4 Å². The summed E-state index contributed by atoms with van der Waals surface area (Å²) in [7, 11) is 0. The average Bonchev–Trinajstić information content (AvgIpc) is 3.01. The first-order valence-corrected chi connectivity index (χ1v) is 9.21. The molecule has 0 spiro atoms. The number of hydrogen-bond acceptors (Lipinski definition) is 3. The van der Waals surface area contributed by atoms with Crippen LogP contribution in [0, 0.1) is 0 Å². The summed E-state index contributed by atoms with van der Waals surface area (Å²) in [6.45, 7) is 0. The van der Waals surface area contributed by atoms with Gasteiger partial charge in [0.1, 0.15) is 0 Å². The number of benzene rings is 2. The highest BCUT2D eigenvalue weighted by Gasteiger charge is 2.34. The largest absolute Gasteiger partial charge is 0.349 e. The fourth-order valence-corrected chi connectivity index (χ4v) is 3.94. The van der Waals surface area contributed by atoms with Crippen molar-refractivity contribution < 1.29 is 9.59 Å². The molecule has 2 aromatic carbocycles. The Morgan fingerprint density at radius 2 is 1.41 bits per heavy atom. The highest BCUT2D eigenvalue weighted by atomic mass is 35.5. The fourth-order valence-electron chi connectivity index (χ4n) is 3.94. The molecule has 2 atom stereocenters. The number of anilines is 1. The minimum absolute atomic E-state index is 0. The van der Waals surface area contributed by atoms with Crippen molar-refractivity contribution in [1.82, 2.24) is 10.6 Å². The third-order valence-electron chi connectivity index (χ3n) is 5.25. The lowest BCUT2D eigenvalue weighted by molar-refractivity contribution is 0.0923. The van der Waals surface area contributed by atoms with Gasteiger partial charge in [-0.3, -0.25) is 9.59 Å². The Morgan fingerprint density at radius 3 is 2.04 bits per heavy atom. The number of hydrogen-bond donors (Lipinski definition) is 3. The number of fused-ring (bicyclic) bond motifs is 2. The molecule has 0 aliphatic carbocycles. The van der Waals surface area contributed by atoms with Gasteiger partial charge >= 0.3 is 0 Å². The predicted octanol–water partition coefficient (Wildman–Crippen LogP) is 3.37. The molecule has 3 N–H and O–H groups in total. The lowest BCUT2D eigenvalue weighted by Crippen LogP contribution is -2.48. The zero-order valence-corrected chi connectivity index (χ0v) is 15.8. The second-order valence-electron chi connectivity index (χ2n) is 7.18. The number of carbonyl (C=O) groups excluding carboxylic acids is 2. The molecule has 0 radical (unpaired) electrons. The molecule has 0 saturated carbocycles. The van der Waals surface area contributed by atoms with Gasteiger partial charge in [0.15, 0.2) is 0 Å². The van der Waals surface area contributed by atoms with Crippen LogP contribution in [0.2, 0.25) is 0 Å². The highest BCUT2D eigenvalue weighted by Crippen LogP contribution is 2.27. The van der Waals surface area contributed by atoms with E-state index in [2.05, 4.69) is 16.0 Å². The van der Waals surface area contributed by atoms with Gasteiger partial charge in [-0.1, -0.05) is 18.2 Å². The van der Waals surface area contributed by atoms with Gasteiger partial charge in [0.2, 0.25) is 0 Å². The molecule has 2 saturated heterocycles. The van der Waals surface area contributed by atoms with Crippen molar-refractivity contribution >= 4 is 29.9 Å². The molecule has 2 amide bonds. The molecule has 2 bridgehead atoms. The van der Waals surface area contributed by atoms with Crippen LogP contribution in [0.1, 0.15) is 46.4 Å². The van der Waals surface area contributed by atoms with Gasteiger partial charge < -0.3 is 16.0 Å². The number of piperidine rings is 1. The van der Waals surface area contributed by atoms with Crippen molar-refractivity contribution in [1.29, 1.82) is 0 Å². The van der Waals surface area contributed by atoms with Crippen LogP contribution < -0.4 is 16.0 Å². The summed E-state index contributed by atoms with van der Waals surface area (Å²) < 4.78 is 0. The first-order valence-electron chi connectivity index (χ1n) is 9.21. The first-order chi connectivity index (χ1) is 12.7. The first kappa shape index (κ1) is 19.4. The van der Waals surface area contributed by atoms with Crippen LogP contribution in [0.3, 0.4) is 0 Å². The lowest BCUT2D eigenvalue weighted by Gasteiger charge is -2.29. The highest BCUT2D eigenvalue weighted by molar-refractivity contribution is 6.04. The molecular weight excluding hydrogens is 362 g/mol. The van der Waals surface area contributed by atoms with E-state index in [1.165, 1.54) is 12.8 Å². The maximum atomic E-state index is 12.5. The molecule has 2 aliphatic rings. The second kappa shape index (κ2) is 8.55. The third kappa shape index (κ3) is 4.67. The standard InChI is InChI=1S/C21H23N3O2.ClH/c25-20(14-4-2-1-3-5-14)23-16-8-6-15(7-9-16)21(26)24-19-12-17-10-11-18(13-19)22-17;/h1-9,17-19,22H,10-13H2,(H,23,25)(H,24,26);1H. The zero-order chi connectivity index (χ0) is 17.9. The van der Waals surface area contributed by atoms with E-state index >= 15 is 0 Å². The second-order valence-corrected chi connectivity index (χ2v) is 7.18. The number of halogens is 1. The molecule has 2 fully saturated rings. The van der Waals surface area contributed by atoms with Crippen molar-refractivity contribution in [3.63, 3.8) is 0 Å². The van der Waals surface area contributed by atoms with Crippen LogP contribution in [0.5, 0.6) is 0 Å². The van der Waals surface area contributed by atoms with Gasteiger partial charge in [-0.25, -0.2) is 0 Å². The minimum atomic E-state index is -0.159. The Kier molecular flexibility index (Phi) is 6.14. The number of rotatable bonds is 4. The summed E-state index contributed by atoms with van der Waals surface area (Å²) in [6, 6.07) is 17.5. The van der Waals surface area contributed by atoms with Crippen LogP contribution in [-0.4, -0.2) is 29.9 Å². The monoisotopic (exact) mass is 385 g/mol. The number of nitrogens with one attached hydrogen (secondary N) is 3. The normalized spacial score (nSPS) is 23.2. The zero-order valence-electron chi connectivity index (χ0n) is 15.0. The Balaban J connectivity index is 0.00000210. The molecule has 27 heavy (non-hydrogen) atoms. The Labute approximate surface area is 165 Å². The maximum Gasteiger partial charge on any atom is 0.255 e. The van der Waals surface area contributed by atoms with E-state index in [9.17, 15) is 9.59 Å². The molecule has 2 heterocycles. The van der Waals surface area contributed by atoms with E-state index in [1.54, 1.807) is 36.4 Å². The predicted molar refractivity (Wildman–Crippen MR) is 109 cm³/mol. The Morgan fingerprint density at radius 1 is 0.815 bits per heavy atom. The summed E-state index contributed by atoms with van der Waals surface area (Å²) in [5.41, 5.74) is 1.90. The van der Waals surface area contributed by atoms with Crippen molar-refractivity contribution in [3.8, 4) is 0 Å². The van der Waals surface area contributed by atoms with E-state index in [4.69, 9.17) is 0 Å². The van der Waals surface area contributed by atoms with Gasteiger partial charge in [-0.05, 0) is 62.1 Å². The number of amides is 2. The molecule has 2 aromatic rings. The van der Waals surface area contributed by atoms with Gasteiger partial charge in [-0.15, -0.1) is 12.4 Å². The summed E-state index contributed by atoms with van der Waals surface area (Å²) in [5, 5.41) is 9.58. The van der Waals surface area contributed by atoms with Crippen molar-refractivity contribution in [3.05, 3.63) is 65.7 Å². The van der Waals surface area contributed by atoms with Crippen molar-refractivity contribution in [2.75, 3.05) is 5.32 Å². The molecule has 2 unspecified atom stereocenters. The molecule has 4 rings (SSSR count). The van der Waals surface area contributed by atoms with E-state index in [-0.39, 0.29) is 30.3 Å². The topological polar surface area (TPSA) is 70.2 Å². The van der Waals surface area contributed by atoms with Crippen LogP contribution in [0.25, 0.3) is 0 Å². The minimum Gasteiger partial charge on any atom is -0.349 e. The molecular formula is C21H24ClN3O2. The van der Waals surface area contributed by atoms with Crippen LogP contribution in [-0.2, 0) is 0 Å². The summed E-state index contributed by atoms with van der Waals surface area (Å²) in [6.07, 6.45) is 4.45. The van der Waals surface area contributed by atoms with Gasteiger partial charge in [0.25, 0.3) is 11.8 Å². The average molecular weight is 386 g/mol. The molecule has 6 heteroatoms. The Bertz CT molecular complexity index is 783. The van der Waals surface area contributed by atoms with Crippen molar-refractivity contribution in [2.24, 2.45) is 0 Å². The third-order valence-corrected chi connectivity index (χ3v) is 5.25. The van der Waals surface area contributed by atoms with Gasteiger partial charge in [0, 0.05) is 34.9 Å². The Hall–Kier alpha value is -2.37. The molecule has 2 aliphatic heterocycles. The summed E-state index contributed by atoms with van der Waals surface area (Å²) in [5.74, 6) is -0.204. The molecule has 0 aromatic heterocycles. The quantitative estimate of drug-likeness (QED) is 0.755. The van der Waals surface area contributed by atoms with E-state index in [1.807, 2.05) is 18.2 Å². The van der Waals surface area contributed by atoms with E-state index in [0.717, 1.165) is 12.8 Å². The number of carbonyl (C=O) groups is 2.